The number of nitrogens with zero attached hydrogens (tertiary/aromatic N) is 1. The zero-order valence-corrected chi connectivity index (χ0v) is 6.73. The van der Waals surface area contributed by atoms with E-state index in [4.69, 9.17) is 5.11 Å². The van der Waals surface area contributed by atoms with Gasteiger partial charge in [0.1, 0.15) is 5.78 Å². The molecule has 0 radical (unpaired) electrons. The summed E-state index contributed by atoms with van der Waals surface area (Å²) in [4.78, 5) is 14.9. The zero-order chi connectivity index (χ0) is 8.81. The maximum absolute atomic E-state index is 11.0. The average molecular weight is 165 g/mol. The van der Waals surface area contributed by atoms with E-state index >= 15 is 0 Å². The molecule has 0 fully saturated rings. The fraction of sp³-hybridized carbons (Fsp3) is 0.333. The molecule has 0 saturated carbocycles. The van der Waals surface area contributed by atoms with Crippen molar-refractivity contribution >= 4 is 5.78 Å². The highest BCUT2D eigenvalue weighted by molar-refractivity contribution is 5.80. The van der Waals surface area contributed by atoms with Gasteiger partial charge in [-0.15, -0.1) is 0 Å². The monoisotopic (exact) mass is 165 g/mol. The molecule has 0 aromatic carbocycles. The van der Waals surface area contributed by atoms with Gasteiger partial charge >= 0.3 is 0 Å². The van der Waals surface area contributed by atoms with Crippen LogP contribution in [-0.4, -0.2) is 22.5 Å². The number of carbonyl (C=O) groups is 1. The first-order valence-electron chi connectivity index (χ1n) is 3.84. The molecule has 0 atom stereocenters. The molecule has 0 saturated heterocycles. The summed E-state index contributed by atoms with van der Waals surface area (Å²) in [6.45, 7) is -0.0703. The van der Waals surface area contributed by atoms with E-state index in [0.717, 1.165) is 5.56 Å². The smallest absolute Gasteiger partial charge is 0.139 e. The molecule has 0 aliphatic rings. The van der Waals surface area contributed by atoms with Crippen molar-refractivity contribution < 1.29 is 9.90 Å². The fourth-order valence-electron chi connectivity index (χ4n) is 0.943. The molecule has 3 nitrogen and oxygen atoms in total. The molecule has 1 rings (SSSR count). The van der Waals surface area contributed by atoms with Gasteiger partial charge in [-0.2, -0.15) is 0 Å². The average Bonchev–Trinajstić information content (AvgIpc) is 2.06. The molecule has 1 aromatic heterocycles. The second kappa shape index (κ2) is 4.62. The second-order valence-corrected chi connectivity index (χ2v) is 2.55. The Morgan fingerprint density at radius 2 is 2.42 bits per heavy atom. The van der Waals surface area contributed by atoms with Crippen LogP contribution in [0.25, 0.3) is 0 Å². The van der Waals surface area contributed by atoms with Crippen LogP contribution in [0, 0.1) is 0 Å². The second-order valence-electron chi connectivity index (χ2n) is 2.55. The van der Waals surface area contributed by atoms with E-state index in [2.05, 4.69) is 4.98 Å². The van der Waals surface area contributed by atoms with Gasteiger partial charge in [0, 0.05) is 31.8 Å². The van der Waals surface area contributed by atoms with Crippen LogP contribution in [-0.2, 0) is 11.2 Å². The Hall–Kier alpha value is -1.22. The summed E-state index contributed by atoms with van der Waals surface area (Å²) < 4.78 is 0. The molecule has 12 heavy (non-hydrogen) atoms. The molecule has 1 N–H and O–H groups in total. The van der Waals surface area contributed by atoms with Gasteiger partial charge < -0.3 is 5.11 Å². The Morgan fingerprint density at radius 3 is 3.00 bits per heavy atom. The predicted octanol–water partition coefficient (Wildman–Crippen LogP) is 0.576. The third-order valence-electron chi connectivity index (χ3n) is 1.51. The minimum atomic E-state index is -0.0703. The Labute approximate surface area is 71.1 Å². The van der Waals surface area contributed by atoms with Gasteiger partial charge in [0.05, 0.1) is 0 Å². The van der Waals surface area contributed by atoms with Crippen LogP contribution in [0.2, 0.25) is 0 Å². The minimum absolute atomic E-state index is 0.0468. The van der Waals surface area contributed by atoms with Crippen molar-refractivity contribution in [3.63, 3.8) is 0 Å². The van der Waals surface area contributed by atoms with Gasteiger partial charge in [-0.25, -0.2) is 0 Å². The third kappa shape index (κ3) is 2.80. The van der Waals surface area contributed by atoms with Crippen molar-refractivity contribution in [2.45, 2.75) is 12.8 Å². The molecule has 1 heterocycles. The highest BCUT2D eigenvalue weighted by Crippen LogP contribution is 1.99. The first-order chi connectivity index (χ1) is 5.83. The molecule has 0 unspecified atom stereocenters. The number of rotatable bonds is 4. The van der Waals surface area contributed by atoms with Crippen molar-refractivity contribution in [2.75, 3.05) is 6.61 Å². The lowest BCUT2D eigenvalue weighted by atomic mass is 10.1. The topological polar surface area (TPSA) is 50.2 Å². The molecular formula is C9H11NO2. The molecule has 64 valence electrons. The molecule has 0 aliphatic heterocycles. The molecule has 0 bridgehead atoms. The molecule has 0 amide bonds. The van der Waals surface area contributed by atoms with Gasteiger partial charge in [-0.3, -0.25) is 9.78 Å². The predicted molar refractivity (Wildman–Crippen MR) is 44.7 cm³/mol. The Balaban J connectivity index is 2.47. The summed E-state index contributed by atoms with van der Waals surface area (Å²) in [6, 6.07) is 3.64. The van der Waals surface area contributed by atoms with Crippen LogP contribution in [0.3, 0.4) is 0 Å². The van der Waals surface area contributed by atoms with E-state index in [0.29, 0.717) is 6.42 Å². The van der Waals surface area contributed by atoms with Gasteiger partial charge in [-0.05, 0) is 11.6 Å². The maximum atomic E-state index is 11.0. The fourth-order valence-corrected chi connectivity index (χ4v) is 0.943. The number of Topliss-reactive ketones (excluding diaryl/α,β-unsaturated/α-hetero) is 1. The van der Waals surface area contributed by atoms with Crippen LogP contribution < -0.4 is 0 Å². The number of aromatic nitrogens is 1. The van der Waals surface area contributed by atoms with E-state index in [9.17, 15) is 4.79 Å². The Kier molecular flexibility index (Phi) is 3.41. The van der Waals surface area contributed by atoms with E-state index in [1.54, 1.807) is 18.5 Å². The van der Waals surface area contributed by atoms with Crippen LogP contribution >= 0.6 is 0 Å². The van der Waals surface area contributed by atoms with Crippen LogP contribution in [0.1, 0.15) is 12.0 Å². The highest BCUT2D eigenvalue weighted by atomic mass is 16.3. The normalized spacial score (nSPS) is 9.75. The molecule has 3 heteroatoms. The van der Waals surface area contributed by atoms with Crippen molar-refractivity contribution in [1.82, 2.24) is 4.98 Å². The Bertz CT molecular complexity index is 246. The van der Waals surface area contributed by atoms with Gasteiger partial charge in [0.25, 0.3) is 0 Å². The summed E-state index contributed by atoms with van der Waals surface area (Å²) in [5, 5.41) is 8.48. The van der Waals surface area contributed by atoms with Crippen molar-refractivity contribution in [3.8, 4) is 0 Å². The highest BCUT2D eigenvalue weighted by Gasteiger charge is 2.01. The first kappa shape index (κ1) is 8.87. The van der Waals surface area contributed by atoms with Gasteiger partial charge in [0.2, 0.25) is 0 Å². The number of carbonyl (C=O) groups excluding carboxylic acids is 1. The van der Waals surface area contributed by atoms with Gasteiger partial charge in [0.15, 0.2) is 0 Å². The quantitative estimate of drug-likeness (QED) is 0.709. The molecular weight excluding hydrogens is 154 g/mol. The zero-order valence-electron chi connectivity index (χ0n) is 6.73. The number of hydrogen-bond acceptors (Lipinski definition) is 3. The van der Waals surface area contributed by atoms with Crippen LogP contribution in [0.15, 0.2) is 24.5 Å². The lowest BCUT2D eigenvalue weighted by molar-refractivity contribution is -0.119. The van der Waals surface area contributed by atoms with E-state index in [1.165, 1.54) is 0 Å². The van der Waals surface area contributed by atoms with Gasteiger partial charge in [-0.1, -0.05) is 6.07 Å². The SMILES string of the molecule is O=C(CCO)Cc1cccnc1. The van der Waals surface area contributed by atoms with Crippen molar-refractivity contribution in [3.05, 3.63) is 30.1 Å². The minimum Gasteiger partial charge on any atom is -0.396 e. The third-order valence-corrected chi connectivity index (χ3v) is 1.51. The largest absolute Gasteiger partial charge is 0.396 e. The number of ketones is 1. The number of pyridine rings is 1. The van der Waals surface area contributed by atoms with E-state index in [1.807, 2.05) is 6.07 Å². The van der Waals surface area contributed by atoms with Crippen LogP contribution in [0.4, 0.5) is 0 Å². The standard InChI is InChI=1S/C9H11NO2/c11-5-3-9(12)6-8-2-1-4-10-7-8/h1-2,4,7,11H,3,5-6H2. The lowest BCUT2D eigenvalue weighted by Crippen LogP contribution is -2.04. The van der Waals surface area contributed by atoms with Crippen molar-refractivity contribution in [2.24, 2.45) is 0 Å². The molecule has 0 spiro atoms. The summed E-state index contributed by atoms with van der Waals surface area (Å²) in [5.74, 6) is 0.0468. The summed E-state index contributed by atoms with van der Waals surface area (Å²) >= 11 is 0. The summed E-state index contributed by atoms with van der Waals surface area (Å²) in [7, 11) is 0. The lowest BCUT2D eigenvalue weighted by Gasteiger charge is -1.97. The number of aliphatic hydroxyl groups excluding tert-OH is 1. The number of hydrogen-bond donors (Lipinski definition) is 1. The van der Waals surface area contributed by atoms with Crippen molar-refractivity contribution in [1.29, 1.82) is 0 Å². The Morgan fingerprint density at radius 1 is 1.58 bits per heavy atom. The summed E-state index contributed by atoms with van der Waals surface area (Å²) in [5.41, 5.74) is 0.899. The van der Waals surface area contributed by atoms with E-state index < -0.39 is 0 Å². The molecule has 1 aromatic rings. The first-order valence-corrected chi connectivity index (χ1v) is 3.84. The van der Waals surface area contributed by atoms with E-state index in [-0.39, 0.29) is 18.8 Å². The number of aliphatic hydroxyl groups is 1. The summed E-state index contributed by atoms with van der Waals surface area (Å²) in [6.07, 6.45) is 3.93. The van der Waals surface area contributed by atoms with Crippen LogP contribution in [0.5, 0.6) is 0 Å². The maximum Gasteiger partial charge on any atom is 0.139 e. The molecule has 0 aliphatic carbocycles.